The fraction of sp³-hybridized carbons (Fsp3) is 0.296. The summed E-state index contributed by atoms with van der Waals surface area (Å²) in [6.07, 6.45) is 8.10. The first-order valence-electron chi connectivity index (χ1n) is 12.0. The molecule has 0 aliphatic heterocycles. The number of benzene rings is 1. The molecule has 0 radical (unpaired) electrons. The zero-order chi connectivity index (χ0) is 26.2. The smallest absolute Gasteiger partial charge is 0.300 e. The summed E-state index contributed by atoms with van der Waals surface area (Å²) in [4.78, 5) is 21.9. The molecule has 9 nitrogen and oxygen atoms in total. The molecule has 1 saturated carbocycles. The Balaban J connectivity index is 1.49. The molecule has 192 valence electrons. The summed E-state index contributed by atoms with van der Waals surface area (Å²) in [5.41, 5.74) is 3.19. The zero-order valence-electron chi connectivity index (χ0n) is 20.9. The number of hydrogen-bond donors (Lipinski definition) is 1. The van der Waals surface area contributed by atoms with E-state index >= 15 is 0 Å². The van der Waals surface area contributed by atoms with E-state index in [-0.39, 0.29) is 27.8 Å². The Labute approximate surface area is 215 Å². The van der Waals surface area contributed by atoms with Gasteiger partial charge in [0.25, 0.3) is 15.6 Å². The molecule has 3 heterocycles. The Morgan fingerprint density at radius 2 is 1.86 bits per heavy atom. The van der Waals surface area contributed by atoms with Crippen LogP contribution in [0.4, 0.5) is 5.69 Å². The number of methoxy groups -OCH3 is 1. The summed E-state index contributed by atoms with van der Waals surface area (Å²) in [7, 11) is -2.48. The standard InChI is InChI=1S/C27H28N4O5S/c1-17-7-9-24(18(2)11-17)37(33,34)30-22-12-21(13-29-26(22)35-3)20-8-10-25-28-14-23(27(32)31(25)15-20)36-16-19-5-4-6-19/h7-15,19,30H,4-6,16H2,1-3H3. The van der Waals surface area contributed by atoms with Gasteiger partial charge < -0.3 is 9.47 Å². The van der Waals surface area contributed by atoms with Gasteiger partial charge in [0.1, 0.15) is 11.3 Å². The van der Waals surface area contributed by atoms with Crippen LogP contribution in [0.15, 0.2) is 64.7 Å². The number of aryl methyl sites for hydroxylation is 2. The molecule has 0 unspecified atom stereocenters. The number of hydrogen-bond acceptors (Lipinski definition) is 7. The van der Waals surface area contributed by atoms with Crippen molar-refractivity contribution in [2.45, 2.75) is 38.0 Å². The van der Waals surface area contributed by atoms with E-state index in [1.54, 1.807) is 49.6 Å². The van der Waals surface area contributed by atoms with Gasteiger partial charge in [-0.1, -0.05) is 24.1 Å². The maximum Gasteiger partial charge on any atom is 0.300 e. The second-order valence-corrected chi connectivity index (χ2v) is 11.0. The predicted octanol–water partition coefficient (Wildman–Crippen LogP) is 4.36. The van der Waals surface area contributed by atoms with Crippen molar-refractivity contribution in [1.29, 1.82) is 0 Å². The van der Waals surface area contributed by atoms with Gasteiger partial charge in [-0.2, -0.15) is 0 Å². The van der Waals surface area contributed by atoms with Crippen molar-refractivity contribution in [3.8, 4) is 22.8 Å². The fourth-order valence-electron chi connectivity index (χ4n) is 4.34. The molecule has 1 aliphatic rings. The van der Waals surface area contributed by atoms with Crippen LogP contribution < -0.4 is 19.8 Å². The Hall–Kier alpha value is -3.92. The van der Waals surface area contributed by atoms with Crippen LogP contribution in [0.5, 0.6) is 11.6 Å². The topological polar surface area (TPSA) is 112 Å². The molecule has 1 aromatic carbocycles. The first-order chi connectivity index (χ1) is 17.7. The highest BCUT2D eigenvalue weighted by atomic mass is 32.2. The van der Waals surface area contributed by atoms with Crippen LogP contribution in [-0.2, 0) is 10.0 Å². The number of anilines is 1. The second-order valence-electron chi connectivity index (χ2n) is 9.34. The van der Waals surface area contributed by atoms with E-state index in [1.807, 2.05) is 13.0 Å². The highest BCUT2D eigenvalue weighted by Gasteiger charge is 2.21. The number of aromatic nitrogens is 3. The van der Waals surface area contributed by atoms with Crippen molar-refractivity contribution >= 4 is 21.4 Å². The molecule has 10 heteroatoms. The van der Waals surface area contributed by atoms with Gasteiger partial charge in [0.2, 0.25) is 11.6 Å². The molecular weight excluding hydrogens is 492 g/mol. The maximum absolute atomic E-state index is 13.2. The van der Waals surface area contributed by atoms with Crippen molar-refractivity contribution in [2.24, 2.45) is 5.92 Å². The van der Waals surface area contributed by atoms with Gasteiger partial charge in [-0.15, -0.1) is 0 Å². The van der Waals surface area contributed by atoms with E-state index in [2.05, 4.69) is 14.7 Å². The fourth-order valence-corrected chi connectivity index (χ4v) is 5.62. The summed E-state index contributed by atoms with van der Waals surface area (Å²) < 4.78 is 41.5. The Morgan fingerprint density at radius 1 is 1.05 bits per heavy atom. The lowest BCUT2D eigenvalue weighted by Crippen LogP contribution is -2.23. The maximum atomic E-state index is 13.2. The quantitative estimate of drug-likeness (QED) is 0.367. The molecule has 1 aliphatic carbocycles. The molecule has 0 amide bonds. The minimum atomic E-state index is -3.90. The van der Waals surface area contributed by atoms with Crippen LogP contribution in [0.3, 0.4) is 0 Å². The van der Waals surface area contributed by atoms with Crippen molar-refractivity contribution in [2.75, 3.05) is 18.4 Å². The highest BCUT2D eigenvalue weighted by molar-refractivity contribution is 7.92. The van der Waals surface area contributed by atoms with E-state index in [0.717, 1.165) is 18.4 Å². The van der Waals surface area contributed by atoms with E-state index in [0.29, 0.717) is 34.9 Å². The van der Waals surface area contributed by atoms with Crippen LogP contribution in [0.25, 0.3) is 16.8 Å². The third kappa shape index (κ3) is 5.01. The molecule has 5 rings (SSSR count). The molecule has 0 spiro atoms. The van der Waals surface area contributed by atoms with Gasteiger partial charge in [0.15, 0.2) is 0 Å². The molecule has 1 fully saturated rings. The lowest BCUT2D eigenvalue weighted by Gasteiger charge is -2.24. The lowest BCUT2D eigenvalue weighted by atomic mass is 9.86. The van der Waals surface area contributed by atoms with Crippen molar-refractivity contribution in [1.82, 2.24) is 14.4 Å². The average molecular weight is 521 g/mol. The Kier molecular flexibility index (Phi) is 6.59. The second kappa shape index (κ2) is 9.85. The number of sulfonamides is 1. The average Bonchev–Trinajstić information content (AvgIpc) is 2.84. The van der Waals surface area contributed by atoms with Crippen molar-refractivity contribution in [3.05, 3.63) is 76.5 Å². The first kappa shape index (κ1) is 24.8. The van der Waals surface area contributed by atoms with Gasteiger partial charge in [-0.25, -0.2) is 18.4 Å². The number of nitrogens with one attached hydrogen (secondary N) is 1. The van der Waals surface area contributed by atoms with Crippen LogP contribution >= 0.6 is 0 Å². The van der Waals surface area contributed by atoms with Gasteiger partial charge in [-0.05, 0) is 62.4 Å². The minimum Gasteiger partial charge on any atom is -0.486 e. The number of rotatable bonds is 8. The largest absolute Gasteiger partial charge is 0.486 e. The molecule has 0 atom stereocenters. The molecule has 0 saturated heterocycles. The van der Waals surface area contributed by atoms with Gasteiger partial charge in [-0.3, -0.25) is 13.9 Å². The van der Waals surface area contributed by atoms with E-state index in [4.69, 9.17) is 9.47 Å². The highest BCUT2D eigenvalue weighted by Crippen LogP contribution is 2.31. The monoisotopic (exact) mass is 520 g/mol. The lowest BCUT2D eigenvalue weighted by molar-refractivity contribution is 0.178. The summed E-state index contributed by atoms with van der Waals surface area (Å²) in [5, 5.41) is 0. The summed E-state index contributed by atoms with van der Waals surface area (Å²) in [6.45, 7) is 4.16. The zero-order valence-corrected chi connectivity index (χ0v) is 21.7. The van der Waals surface area contributed by atoms with Crippen LogP contribution in [-0.4, -0.2) is 36.5 Å². The summed E-state index contributed by atoms with van der Waals surface area (Å²) in [5.74, 6) is 0.822. The third-order valence-electron chi connectivity index (χ3n) is 6.61. The molecule has 37 heavy (non-hydrogen) atoms. The molecular formula is C27H28N4O5S. The van der Waals surface area contributed by atoms with Crippen molar-refractivity contribution in [3.63, 3.8) is 0 Å². The van der Waals surface area contributed by atoms with E-state index in [9.17, 15) is 13.2 Å². The number of fused-ring (bicyclic) bond motifs is 1. The first-order valence-corrected chi connectivity index (χ1v) is 13.5. The molecule has 3 aromatic heterocycles. The Bertz CT molecular complexity index is 1640. The molecule has 1 N–H and O–H groups in total. The third-order valence-corrected chi connectivity index (χ3v) is 8.14. The van der Waals surface area contributed by atoms with E-state index in [1.165, 1.54) is 24.1 Å². The summed E-state index contributed by atoms with van der Waals surface area (Å²) >= 11 is 0. The molecule has 4 aromatic rings. The Morgan fingerprint density at radius 3 is 2.57 bits per heavy atom. The number of pyridine rings is 2. The van der Waals surface area contributed by atoms with Gasteiger partial charge >= 0.3 is 0 Å². The van der Waals surface area contributed by atoms with Crippen LogP contribution in [0.1, 0.15) is 30.4 Å². The normalized spacial score (nSPS) is 13.8. The van der Waals surface area contributed by atoms with Crippen molar-refractivity contribution < 1.29 is 17.9 Å². The number of ether oxygens (including phenoxy) is 2. The number of nitrogens with zero attached hydrogens (tertiary/aromatic N) is 3. The van der Waals surface area contributed by atoms with E-state index < -0.39 is 10.0 Å². The summed E-state index contributed by atoms with van der Waals surface area (Å²) in [6, 6.07) is 10.3. The predicted molar refractivity (Wildman–Crippen MR) is 141 cm³/mol. The SMILES string of the molecule is COc1ncc(-c2ccc3ncc(OCC4CCC4)c(=O)n3c2)cc1NS(=O)(=O)c1ccc(C)cc1C. The van der Waals surface area contributed by atoms with Gasteiger partial charge in [0.05, 0.1) is 24.8 Å². The molecule has 0 bridgehead atoms. The minimum absolute atomic E-state index is 0.128. The van der Waals surface area contributed by atoms with Crippen LogP contribution in [0, 0.1) is 19.8 Å². The van der Waals surface area contributed by atoms with Gasteiger partial charge in [0, 0.05) is 23.5 Å². The van der Waals surface area contributed by atoms with Crippen LogP contribution in [0.2, 0.25) is 0 Å².